The predicted octanol–water partition coefficient (Wildman–Crippen LogP) is 8.76. The topological polar surface area (TPSA) is 0 Å². The molecule has 0 amide bonds. The average molecular weight is 417 g/mol. The van der Waals surface area contributed by atoms with Crippen molar-refractivity contribution in [3.05, 3.63) is 11.6 Å². The number of fused-ring (bicyclic) bond motifs is 5. The Hall–Kier alpha value is 0.0900. The molecule has 0 aromatic heterocycles. The summed E-state index contributed by atoms with van der Waals surface area (Å²) >= 11 is 2.12. The molecule has 0 heterocycles. The fourth-order valence-electron chi connectivity index (χ4n) is 8.85. The van der Waals surface area contributed by atoms with E-state index in [4.69, 9.17) is 0 Å². The number of thioether (sulfide) groups is 1. The maximum Gasteiger partial charge on any atom is 0.00819 e. The fourth-order valence-corrected chi connectivity index (χ4v) is 9.55. The van der Waals surface area contributed by atoms with Crippen molar-refractivity contribution >= 4 is 11.8 Å². The molecule has 8 atom stereocenters. The predicted molar refractivity (Wildman–Crippen MR) is 130 cm³/mol. The Morgan fingerprint density at radius 3 is 2.52 bits per heavy atom. The van der Waals surface area contributed by atoms with E-state index in [0.29, 0.717) is 10.8 Å². The molecule has 4 aliphatic rings. The van der Waals surface area contributed by atoms with Gasteiger partial charge >= 0.3 is 0 Å². The Morgan fingerprint density at radius 1 is 1.00 bits per heavy atom. The normalized spacial score (nSPS) is 45.3. The third kappa shape index (κ3) is 3.89. The minimum atomic E-state index is 0.539. The van der Waals surface area contributed by atoms with Gasteiger partial charge in [0.15, 0.2) is 0 Å². The van der Waals surface area contributed by atoms with E-state index in [2.05, 4.69) is 58.7 Å². The van der Waals surface area contributed by atoms with Crippen LogP contribution in [0.2, 0.25) is 0 Å². The lowest BCUT2D eigenvalue weighted by Gasteiger charge is -2.58. The van der Waals surface area contributed by atoms with E-state index in [1.807, 2.05) is 5.57 Å². The molecule has 0 aromatic carbocycles. The second-order valence-electron chi connectivity index (χ2n) is 12.4. The fraction of sp³-hybridized carbons (Fsp3) is 0.929. The number of allylic oxidation sites excluding steroid dienone is 2. The van der Waals surface area contributed by atoms with Crippen molar-refractivity contribution in [3.63, 3.8) is 0 Å². The standard InChI is InChI=1S/C28H48S/c1-19(2)8-7-9-20(3)24-12-13-25-23-11-10-21-18-22(29-6)14-16-27(21,4)26(23)15-17-28(24,25)5/h10,19-20,22-26H,7-9,11-18H2,1-6H3/t20?,22?,23?,24?,25?,26?,27-,28+/m0/s1. The van der Waals surface area contributed by atoms with Gasteiger partial charge in [-0.15, -0.1) is 0 Å². The smallest absolute Gasteiger partial charge is 0.00819 e. The minimum absolute atomic E-state index is 0.539. The van der Waals surface area contributed by atoms with Crippen LogP contribution >= 0.6 is 11.8 Å². The summed E-state index contributed by atoms with van der Waals surface area (Å²) in [5.74, 6) is 5.77. The van der Waals surface area contributed by atoms with Crippen molar-refractivity contribution in [1.29, 1.82) is 0 Å². The summed E-state index contributed by atoms with van der Waals surface area (Å²) in [6.07, 6.45) is 21.2. The van der Waals surface area contributed by atoms with Gasteiger partial charge in [-0.25, -0.2) is 0 Å². The van der Waals surface area contributed by atoms with Crippen LogP contribution in [0.5, 0.6) is 0 Å². The van der Waals surface area contributed by atoms with Crippen LogP contribution in [0.4, 0.5) is 0 Å². The van der Waals surface area contributed by atoms with Crippen LogP contribution in [-0.4, -0.2) is 11.5 Å². The second-order valence-corrected chi connectivity index (χ2v) is 13.5. The molecule has 0 radical (unpaired) electrons. The molecule has 0 bridgehead atoms. The third-order valence-corrected chi connectivity index (χ3v) is 11.7. The van der Waals surface area contributed by atoms with E-state index in [1.54, 1.807) is 0 Å². The molecule has 0 N–H and O–H groups in total. The summed E-state index contributed by atoms with van der Waals surface area (Å²) in [6.45, 7) is 12.8. The molecular formula is C28H48S. The lowest BCUT2D eigenvalue weighted by molar-refractivity contribution is -0.0497. The van der Waals surface area contributed by atoms with Crippen molar-refractivity contribution in [2.75, 3.05) is 6.26 Å². The van der Waals surface area contributed by atoms with Crippen molar-refractivity contribution in [2.24, 2.45) is 46.3 Å². The second kappa shape index (κ2) is 8.55. The highest BCUT2D eigenvalue weighted by Crippen LogP contribution is 2.67. The lowest BCUT2D eigenvalue weighted by atomic mass is 9.47. The Bertz CT molecular complexity index is 605. The summed E-state index contributed by atoms with van der Waals surface area (Å²) < 4.78 is 0. The summed E-state index contributed by atoms with van der Waals surface area (Å²) in [6, 6.07) is 0. The SMILES string of the molecule is CSC1CC[C@@]2(C)C(=CCC3C4CCC(C(C)CCCC(C)C)[C@@]4(C)CCC32)C1. The lowest BCUT2D eigenvalue weighted by Crippen LogP contribution is -2.50. The molecule has 0 spiro atoms. The van der Waals surface area contributed by atoms with Crippen LogP contribution in [-0.2, 0) is 0 Å². The Labute approximate surface area is 186 Å². The maximum atomic E-state index is 2.76. The number of rotatable bonds is 6. The summed E-state index contributed by atoms with van der Waals surface area (Å²) in [7, 11) is 0. The van der Waals surface area contributed by atoms with Crippen LogP contribution in [0.15, 0.2) is 11.6 Å². The van der Waals surface area contributed by atoms with E-state index < -0.39 is 0 Å². The van der Waals surface area contributed by atoms with Crippen LogP contribution in [0, 0.1) is 46.3 Å². The summed E-state index contributed by atoms with van der Waals surface area (Å²) in [5, 5.41) is 0.891. The van der Waals surface area contributed by atoms with Gasteiger partial charge in [0.2, 0.25) is 0 Å². The highest BCUT2D eigenvalue weighted by Gasteiger charge is 2.59. The molecule has 0 saturated heterocycles. The molecule has 6 unspecified atom stereocenters. The zero-order valence-corrected chi connectivity index (χ0v) is 21.1. The minimum Gasteiger partial charge on any atom is -0.162 e. The molecule has 3 fully saturated rings. The molecule has 4 rings (SSSR count). The van der Waals surface area contributed by atoms with Gasteiger partial charge in [-0.2, -0.15) is 11.8 Å². The van der Waals surface area contributed by atoms with Crippen molar-refractivity contribution in [1.82, 2.24) is 0 Å². The van der Waals surface area contributed by atoms with Gasteiger partial charge in [-0.1, -0.05) is 65.5 Å². The van der Waals surface area contributed by atoms with Gasteiger partial charge in [0.1, 0.15) is 0 Å². The molecular weight excluding hydrogens is 368 g/mol. The van der Waals surface area contributed by atoms with Gasteiger partial charge in [0, 0.05) is 5.25 Å². The Kier molecular flexibility index (Phi) is 6.57. The average Bonchev–Trinajstić information content (AvgIpc) is 3.04. The molecule has 1 heteroatoms. The molecule has 0 aliphatic heterocycles. The van der Waals surface area contributed by atoms with Crippen molar-refractivity contribution in [2.45, 2.75) is 110 Å². The largest absolute Gasteiger partial charge is 0.162 e. The van der Waals surface area contributed by atoms with Gasteiger partial charge in [0.25, 0.3) is 0 Å². The van der Waals surface area contributed by atoms with E-state index in [1.165, 1.54) is 70.6 Å². The summed E-state index contributed by atoms with van der Waals surface area (Å²) in [4.78, 5) is 0. The molecule has 3 saturated carbocycles. The van der Waals surface area contributed by atoms with Crippen molar-refractivity contribution in [3.8, 4) is 0 Å². The van der Waals surface area contributed by atoms with E-state index in [0.717, 1.165) is 40.8 Å². The number of hydrogen-bond acceptors (Lipinski definition) is 1. The Morgan fingerprint density at radius 2 is 1.79 bits per heavy atom. The van der Waals surface area contributed by atoms with Gasteiger partial charge in [-0.3, -0.25) is 0 Å². The van der Waals surface area contributed by atoms with Crippen LogP contribution in [0.1, 0.15) is 105 Å². The van der Waals surface area contributed by atoms with Crippen molar-refractivity contribution < 1.29 is 0 Å². The van der Waals surface area contributed by atoms with Crippen LogP contribution < -0.4 is 0 Å². The highest BCUT2D eigenvalue weighted by molar-refractivity contribution is 7.99. The molecule has 0 nitrogen and oxygen atoms in total. The van der Waals surface area contributed by atoms with E-state index in [-0.39, 0.29) is 0 Å². The first-order valence-corrected chi connectivity index (χ1v) is 14.3. The molecule has 166 valence electrons. The first-order chi connectivity index (χ1) is 13.8. The van der Waals surface area contributed by atoms with Gasteiger partial charge in [0.05, 0.1) is 0 Å². The molecule has 0 aromatic rings. The zero-order chi connectivity index (χ0) is 20.8. The Balaban J connectivity index is 1.48. The third-order valence-electron chi connectivity index (χ3n) is 10.6. The quantitative estimate of drug-likeness (QED) is 0.390. The van der Waals surface area contributed by atoms with Gasteiger partial charge < -0.3 is 0 Å². The van der Waals surface area contributed by atoms with E-state index in [9.17, 15) is 0 Å². The van der Waals surface area contributed by atoms with Gasteiger partial charge in [-0.05, 0) is 104 Å². The number of hydrogen-bond donors (Lipinski definition) is 0. The summed E-state index contributed by atoms with van der Waals surface area (Å²) in [5.41, 5.74) is 3.04. The van der Waals surface area contributed by atoms with Crippen LogP contribution in [0.3, 0.4) is 0 Å². The maximum absolute atomic E-state index is 2.76. The molecule has 4 aliphatic carbocycles. The first-order valence-electron chi connectivity index (χ1n) is 13.0. The monoisotopic (exact) mass is 416 g/mol. The van der Waals surface area contributed by atoms with E-state index >= 15 is 0 Å². The highest BCUT2D eigenvalue weighted by atomic mass is 32.2. The molecule has 29 heavy (non-hydrogen) atoms. The van der Waals surface area contributed by atoms with Crippen LogP contribution in [0.25, 0.3) is 0 Å². The zero-order valence-electron chi connectivity index (χ0n) is 20.3. The first kappa shape index (κ1) is 22.3.